The largest absolute Gasteiger partial charge is 0.488 e. The van der Waals surface area contributed by atoms with Gasteiger partial charge in [-0.15, -0.1) is 0 Å². The van der Waals surface area contributed by atoms with E-state index in [0.29, 0.717) is 40.4 Å². The number of carbonyl (C=O) groups excluding carboxylic acids is 1. The number of nitrogens with zero attached hydrogens (tertiary/aromatic N) is 3. The zero-order chi connectivity index (χ0) is 20.5. The van der Waals surface area contributed by atoms with Crippen molar-refractivity contribution in [3.05, 3.63) is 46.9 Å². The van der Waals surface area contributed by atoms with E-state index in [1.165, 1.54) is 7.11 Å². The number of aromatic nitrogens is 2. The van der Waals surface area contributed by atoms with Crippen LogP contribution in [0.1, 0.15) is 29.0 Å². The summed E-state index contributed by atoms with van der Waals surface area (Å²) in [6.45, 7) is 3.50. The second-order valence-electron chi connectivity index (χ2n) is 7.72. The van der Waals surface area contributed by atoms with Gasteiger partial charge in [-0.1, -0.05) is 11.6 Å². The van der Waals surface area contributed by atoms with Gasteiger partial charge < -0.3 is 19.5 Å². The van der Waals surface area contributed by atoms with Crippen molar-refractivity contribution in [1.29, 1.82) is 0 Å². The molecule has 154 valence electrons. The maximum absolute atomic E-state index is 11.6. The number of halogens is 1. The molecule has 4 atom stereocenters. The Hall–Kier alpha value is -2.38. The molecule has 1 N–H and O–H groups in total. The van der Waals surface area contributed by atoms with Crippen LogP contribution in [0.2, 0.25) is 5.02 Å². The summed E-state index contributed by atoms with van der Waals surface area (Å²) in [5.74, 6) is 2.46. The fourth-order valence-electron chi connectivity index (χ4n) is 4.32. The molecule has 2 aromatic rings. The fraction of sp³-hybridized carbons (Fsp3) is 0.476. The summed E-state index contributed by atoms with van der Waals surface area (Å²) < 4.78 is 10.8. The molecule has 2 heterocycles. The number of methoxy groups -OCH3 is 1. The van der Waals surface area contributed by atoms with Gasteiger partial charge in [-0.3, -0.25) is 0 Å². The Kier molecular flexibility index (Phi) is 5.61. The van der Waals surface area contributed by atoms with Gasteiger partial charge in [0, 0.05) is 13.1 Å². The first-order valence-corrected chi connectivity index (χ1v) is 10.1. The molecule has 1 saturated heterocycles. The monoisotopic (exact) mass is 417 g/mol. The number of aryl methyl sites for hydroxylation is 1. The Morgan fingerprint density at radius 3 is 2.59 bits per heavy atom. The van der Waals surface area contributed by atoms with Gasteiger partial charge in [-0.2, -0.15) is 0 Å². The average molecular weight is 418 g/mol. The Balaban J connectivity index is 1.43. The second-order valence-corrected chi connectivity index (χ2v) is 8.13. The number of fused-ring (bicyclic) bond motifs is 1. The summed E-state index contributed by atoms with van der Waals surface area (Å²) in [5, 5.41) is 11.2. The summed E-state index contributed by atoms with van der Waals surface area (Å²) in [4.78, 5) is 22.4. The minimum absolute atomic E-state index is 0.289. The van der Waals surface area contributed by atoms with Crippen molar-refractivity contribution >= 4 is 23.4 Å². The van der Waals surface area contributed by atoms with Crippen LogP contribution < -0.4 is 9.64 Å². The summed E-state index contributed by atoms with van der Waals surface area (Å²) >= 11 is 6.31. The molecule has 4 rings (SSSR count). The van der Waals surface area contributed by atoms with Crippen LogP contribution in [0.15, 0.2) is 30.5 Å². The van der Waals surface area contributed by atoms with Gasteiger partial charge in [0.1, 0.15) is 22.7 Å². The molecule has 1 aliphatic heterocycles. The first kappa shape index (κ1) is 19.9. The summed E-state index contributed by atoms with van der Waals surface area (Å²) in [6, 6.07) is 6.79. The van der Waals surface area contributed by atoms with Crippen LogP contribution in [-0.4, -0.2) is 53.5 Å². The van der Waals surface area contributed by atoms with Crippen molar-refractivity contribution in [2.75, 3.05) is 25.1 Å². The van der Waals surface area contributed by atoms with Crippen molar-refractivity contribution in [3.8, 4) is 5.75 Å². The number of hydrogen-bond acceptors (Lipinski definition) is 7. The van der Waals surface area contributed by atoms with E-state index in [4.69, 9.17) is 21.1 Å². The average Bonchev–Trinajstić information content (AvgIpc) is 3.12. The summed E-state index contributed by atoms with van der Waals surface area (Å²) in [7, 11) is 1.35. The van der Waals surface area contributed by atoms with E-state index in [2.05, 4.69) is 14.9 Å². The van der Waals surface area contributed by atoms with Crippen molar-refractivity contribution in [2.24, 2.45) is 11.8 Å². The van der Waals surface area contributed by atoms with E-state index in [9.17, 15) is 9.90 Å². The van der Waals surface area contributed by atoms with E-state index in [1.807, 2.05) is 6.92 Å². The molecule has 1 aliphatic carbocycles. The first-order chi connectivity index (χ1) is 13.9. The molecule has 0 amide bonds. The molecule has 0 bridgehead atoms. The van der Waals surface area contributed by atoms with Crippen LogP contribution in [0, 0.1) is 18.8 Å². The smallest absolute Gasteiger partial charge is 0.337 e. The predicted molar refractivity (Wildman–Crippen MR) is 108 cm³/mol. The predicted octanol–water partition coefficient (Wildman–Crippen LogP) is 2.88. The van der Waals surface area contributed by atoms with Crippen LogP contribution >= 0.6 is 11.6 Å². The number of aliphatic hydroxyl groups is 1. The van der Waals surface area contributed by atoms with E-state index in [1.54, 1.807) is 30.5 Å². The zero-order valence-corrected chi connectivity index (χ0v) is 17.2. The van der Waals surface area contributed by atoms with Crippen molar-refractivity contribution in [1.82, 2.24) is 9.97 Å². The Morgan fingerprint density at radius 1 is 1.21 bits per heavy atom. The number of ether oxygens (including phenoxy) is 2. The van der Waals surface area contributed by atoms with E-state index < -0.39 is 6.10 Å². The standard InChI is InChI=1S/C21H24ClN3O4/c1-12-23-9-17(22)20(24-12)25-10-14-7-18(26)19(8-15(14)11-25)29-16-5-3-13(4-6-16)21(27)28-2/h3-6,9,14-15,18-19,26H,7-8,10-11H2,1-2H3/t14-,15+,18+,19+/m0/s1. The van der Waals surface area contributed by atoms with E-state index >= 15 is 0 Å². The number of anilines is 1. The van der Waals surface area contributed by atoms with Crippen LogP contribution in [0.3, 0.4) is 0 Å². The SMILES string of the molecule is COC(=O)c1ccc(O[C@@H]2C[C@@H]3CN(c4nc(C)ncc4Cl)C[C@@H]3C[C@H]2O)cc1. The fourth-order valence-corrected chi connectivity index (χ4v) is 4.53. The number of hydrogen-bond donors (Lipinski definition) is 1. The normalized spacial score (nSPS) is 26.1. The van der Waals surface area contributed by atoms with E-state index in [-0.39, 0.29) is 12.1 Å². The van der Waals surface area contributed by atoms with Crippen molar-refractivity contribution in [2.45, 2.75) is 32.0 Å². The number of carbonyl (C=O) groups is 1. The molecular formula is C21H24ClN3O4. The molecule has 0 spiro atoms. The van der Waals surface area contributed by atoms with Gasteiger partial charge in [0.2, 0.25) is 0 Å². The van der Waals surface area contributed by atoms with E-state index in [0.717, 1.165) is 25.3 Å². The lowest BCUT2D eigenvalue weighted by Crippen LogP contribution is -2.42. The Morgan fingerprint density at radius 2 is 1.90 bits per heavy atom. The van der Waals surface area contributed by atoms with Gasteiger partial charge in [0.15, 0.2) is 5.82 Å². The minimum Gasteiger partial charge on any atom is -0.488 e. The van der Waals surface area contributed by atoms with Gasteiger partial charge >= 0.3 is 5.97 Å². The van der Waals surface area contributed by atoms with Crippen molar-refractivity contribution < 1.29 is 19.4 Å². The third-order valence-corrected chi connectivity index (χ3v) is 6.06. The van der Waals surface area contributed by atoms with Crippen molar-refractivity contribution in [3.63, 3.8) is 0 Å². The third kappa shape index (κ3) is 4.16. The molecule has 0 radical (unpaired) electrons. The highest BCUT2D eigenvalue weighted by Crippen LogP contribution is 2.40. The third-order valence-electron chi connectivity index (χ3n) is 5.79. The number of aliphatic hydroxyl groups excluding tert-OH is 1. The lowest BCUT2D eigenvalue weighted by atomic mass is 9.78. The number of rotatable bonds is 4. The Bertz CT molecular complexity index is 892. The molecule has 8 heteroatoms. The molecule has 1 aromatic carbocycles. The molecule has 7 nitrogen and oxygen atoms in total. The lowest BCUT2D eigenvalue weighted by molar-refractivity contribution is -0.0231. The maximum atomic E-state index is 11.6. The molecule has 1 aromatic heterocycles. The highest BCUT2D eigenvalue weighted by atomic mass is 35.5. The van der Waals surface area contributed by atoms with Gasteiger partial charge in [-0.25, -0.2) is 14.8 Å². The molecule has 2 aliphatic rings. The van der Waals surface area contributed by atoms with Gasteiger partial charge in [-0.05, 0) is 55.9 Å². The minimum atomic E-state index is -0.543. The molecular weight excluding hydrogens is 394 g/mol. The highest BCUT2D eigenvalue weighted by Gasteiger charge is 2.43. The van der Waals surface area contributed by atoms with Crippen LogP contribution in [0.4, 0.5) is 5.82 Å². The van der Waals surface area contributed by atoms with Crippen LogP contribution in [-0.2, 0) is 4.74 Å². The topological polar surface area (TPSA) is 84.8 Å². The summed E-state index contributed by atoms with van der Waals surface area (Å²) in [6.07, 6.45) is 2.23. The summed E-state index contributed by atoms with van der Waals surface area (Å²) in [5.41, 5.74) is 0.465. The molecule has 0 unspecified atom stereocenters. The van der Waals surface area contributed by atoms with Crippen LogP contribution in [0.25, 0.3) is 0 Å². The maximum Gasteiger partial charge on any atom is 0.337 e. The molecule has 29 heavy (non-hydrogen) atoms. The molecule has 1 saturated carbocycles. The first-order valence-electron chi connectivity index (χ1n) is 9.71. The van der Waals surface area contributed by atoms with Gasteiger partial charge in [0.25, 0.3) is 0 Å². The quantitative estimate of drug-likeness (QED) is 0.765. The molecule has 2 fully saturated rings. The second kappa shape index (κ2) is 8.16. The highest BCUT2D eigenvalue weighted by molar-refractivity contribution is 6.32. The van der Waals surface area contributed by atoms with Gasteiger partial charge in [0.05, 0.1) is 25.0 Å². The lowest BCUT2D eigenvalue weighted by Gasteiger charge is -2.35. The number of benzene rings is 1. The Labute approximate surface area is 174 Å². The zero-order valence-electron chi connectivity index (χ0n) is 16.4. The number of esters is 1. The van der Waals surface area contributed by atoms with Crippen LogP contribution in [0.5, 0.6) is 5.75 Å².